The largest absolute Gasteiger partial charge is 0.347 e. The number of anilines is 3. The van der Waals surface area contributed by atoms with E-state index in [-0.39, 0.29) is 6.04 Å². The summed E-state index contributed by atoms with van der Waals surface area (Å²) in [5.41, 5.74) is 3.73. The molecule has 3 heterocycles. The van der Waals surface area contributed by atoms with Crippen LogP contribution in [0.25, 0.3) is 0 Å². The molecule has 0 radical (unpaired) electrons. The van der Waals surface area contributed by atoms with E-state index in [0.717, 1.165) is 13.1 Å². The zero-order valence-electron chi connectivity index (χ0n) is 11.9. The fraction of sp³-hybridized carbons (Fsp3) is 0.462. The molecule has 0 bridgehead atoms. The topological polar surface area (TPSA) is 92.0 Å². The molecule has 8 heteroatoms. The van der Waals surface area contributed by atoms with E-state index in [4.69, 9.17) is 5.84 Å². The molecule has 4 N–H and O–H groups in total. The third-order valence-corrected chi connectivity index (χ3v) is 4.23. The lowest BCUT2D eigenvalue weighted by Crippen LogP contribution is -2.23. The first-order valence-corrected chi connectivity index (χ1v) is 7.97. The summed E-state index contributed by atoms with van der Waals surface area (Å²) in [4.78, 5) is 15.3. The summed E-state index contributed by atoms with van der Waals surface area (Å²) in [6.07, 6.45) is 2.34. The van der Waals surface area contributed by atoms with Gasteiger partial charge < -0.3 is 10.2 Å². The highest BCUT2D eigenvalue weighted by Crippen LogP contribution is 2.22. The van der Waals surface area contributed by atoms with E-state index in [0.29, 0.717) is 17.8 Å². The molecular formula is C13H19N7S. The third kappa shape index (κ3) is 3.22. The maximum Gasteiger partial charge on any atom is 0.243 e. The molecule has 0 saturated carbocycles. The maximum absolute atomic E-state index is 5.46. The molecule has 1 unspecified atom stereocenters. The molecule has 112 valence electrons. The highest BCUT2D eigenvalue weighted by atomic mass is 32.1. The number of nitrogens with one attached hydrogen (secondary N) is 2. The number of nitrogens with zero attached hydrogens (tertiary/aromatic N) is 4. The Morgan fingerprint density at radius 3 is 2.67 bits per heavy atom. The predicted molar refractivity (Wildman–Crippen MR) is 85.4 cm³/mol. The molecule has 2 aromatic heterocycles. The zero-order valence-corrected chi connectivity index (χ0v) is 12.7. The lowest BCUT2D eigenvalue weighted by molar-refractivity contribution is 0.837. The Balaban J connectivity index is 1.81. The second-order valence-corrected chi connectivity index (χ2v) is 5.82. The quantitative estimate of drug-likeness (QED) is 0.574. The van der Waals surface area contributed by atoms with E-state index in [1.807, 2.05) is 0 Å². The minimum atomic E-state index is 0.135. The van der Waals surface area contributed by atoms with Gasteiger partial charge in [0.15, 0.2) is 0 Å². The number of hydrogen-bond acceptors (Lipinski definition) is 8. The summed E-state index contributed by atoms with van der Waals surface area (Å²) >= 11 is 1.68. The Morgan fingerprint density at radius 2 is 2.00 bits per heavy atom. The average molecular weight is 305 g/mol. The molecule has 1 aliphatic heterocycles. The molecule has 7 nitrogen and oxygen atoms in total. The van der Waals surface area contributed by atoms with E-state index < -0.39 is 0 Å². The summed E-state index contributed by atoms with van der Waals surface area (Å²) in [6.45, 7) is 4.04. The number of nitrogens with two attached hydrogens (primary N) is 1. The van der Waals surface area contributed by atoms with Crippen molar-refractivity contribution < 1.29 is 0 Å². The highest BCUT2D eigenvalue weighted by molar-refractivity contribution is 7.07. The Morgan fingerprint density at radius 1 is 1.24 bits per heavy atom. The lowest BCUT2D eigenvalue weighted by atomic mass is 10.2. The van der Waals surface area contributed by atoms with Crippen LogP contribution in [-0.2, 0) is 0 Å². The van der Waals surface area contributed by atoms with Crippen LogP contribution in [0.3, 0.4) is 0 Å². The second kappa shape index (κ2) is 6.23. The van der Waals surface area contributed by atoms with Crippen molar-refractivity contribution >= 4 is 29.2 Å². The zero-order chi connectivity index (χ0) is 14.7. The van der Waals surface area contributed by atoms with Crippen LogP contribution in [0, 0.1) is 0 Å². The predicted octanol–water partition coefficient (Wildman–Crippen LogP) is 1.99. The molecule has 0 spiro atoms. The Hall–Kier alpha value is -1.93. The van der Waals surface area contributed by atoms with Crippen molar-refractivity contribution in [2.45, 2.75) is 25.8 Å². The van der Waals surface area contributed by atoms with E-state index in [9.17, 15) is 0 Å². The Bertz CT molecular complexity index is 580. The van der Waals surface area contributed by atoms with Gasteiger partial charge in [0.25, 0.3) is 0 Å². The van der Waals surface area contributed by atoms with Gasteiger partial charge in [-0.15, -0.1) is 0 Å². The van der Waals surface area contributed by atoms with Crippen LogP contribution in [0.4, 0.5) is 17.8 Å². The van der Waals surface area contributed by atoms with Gasteiger partial charge in [-0.2, -0.15) is 26.3 Å². The van der Waals surface area contributed by atoms with Crippen LogP contribution in [0.2, 0.25) is 0 Å². The van der Waals surface area contributed by atoms with Crippen LogP contribution >= 0.6 is 11.3 Å². The summed E-state index contributed by atoms with van der Waals surface area (Å²) in [6, 6.07) is 2.23. The fourth-order valence-corrected chi connectivity index (χ4v) is 3.10. The van der Waals surface area contributed by atoms with Crippen LogP contribution in [-0.4, -0.2) is 28.0 Å². The van der Waals surface area contributed by atoms with Crippen molar-refractivity contribution in [3.63, 3.8) is 0 Å². The molecule has 2 aromatic rings. The Kier molecular flexibility index (Phi) is 4.16. The van der Waals surface area contributed by atoms with Crippen LogP contribution in [0.1, 0.15) is 31.4 Å². The minimum Gasteiger partial charge on any atom is -0.347 e. The van der Waals surface area contributed by atoms with Gasteiger partial charge in [0.2, 0.25) is 17.8 Å². The molecular weight excluding hydrogens is 286 g/mol. The number of hydrazine groups is 1. The van der Waals surface area contributed by atoms with E-state index >= 15 is 0 Å². The van der Waals surface area contributed by atoms with Crippen molar-refractivity contribution in [2.75, 3.05) is 28.7 Å². The second-order valence-electron chi connectivity index (χ2n) is 5.04. The summed E-state index contributed by atoms with van der Waals surface area (Å²) in [5.74, 6) is 7.06. The van der Waals surface area contributed by atoms with Gasteiger partial charge in [-0.3, -0.25) is 5.43 Å². The summed E-state index contributed by atoms with van der Waals surface area (Å²) in [5, 5.41) is 7.48. The molecule has 1 fully saturated rings. The van der Waals surface area contributed by atoms with Crippen molar-refractivity contribution in [3.8, 4) is 0 Å². The van der Waals surface area contributed by atoms with Crippen molar-refractivity contribution in [1.82, 2.24) is 15.0 Å². The van der Waals surface area contributed by atoms with E-state index in [2.05, 4.69) is 54.3 Å². The van der Waals surface area contributed by atoms with Gasteiger partial charge in [0, 0.05) is 13.1 Å². The first kappa shape index (κ1) is 14.0. The molecule has 0 amide bonds. The van der Waals surface area contributed by atoms with Gasteiger partial charge in [-0.25, -0.2) is 5.84 Å². The number of rotatable bonds is 5. The summed E-state index contributed by atoms with van der Waals surface area (Å²) in [7, 11) is 0. The third-order valence-electron chi connectivity index (χ3n) is 3.53. The van der Waals surface area contributed by atoms with Gasteiger partial charge in [0.05, 0.1) is 6.04 Å². The molecule has 0 aliphatic carbocycles. The SMILES string of the molecule is CC(Nc1nc(NN)nc(N2CCCC2)n1)c1ccsc1. The Labute approximate surface area is 127 Å². The molecule has 1 atom stereocenters. The standard InChI is InChI=1S/C13H19N7S/c1-9(10-4-7-21-8-10)15-11-16-12(19-14)18-13(17-11)20-5-2-3-6-20/h4,7-9H,2-3,5-6,14H2,1H3,(H2,15,16,17,18,19). The van der Waals surface area contributed by atoms with E-state index in [1.165, 1.54) is 18.4 Å². The van der Waals surface area contributed by atoms with Gasteiger partial charge in [0.1, 0.15) is 0 Å². The maximum atomic E-state index is 5.46. The van der Waals surface area contributed by atoms with Crippen molar-refractivity contribution in [3.05, 3.63) is 22.4 Å². The van der Waals surface area contributed by atoms with Gasteiger partial charge in [-0.1, -0.05) is 0 Å². The average Bonchev–Trinajstić information content (AvgIpc) is 3.19. The number of aromatic nitrogens is 3. The first-order valence-electron chi connectivity index (χ1n) is 7.02. The van der Waals surface area contributed by atoms with Gasteiger partial charge in [-0.05, 0) is 42.2 Å². The summed E-state index contributed by atoms with van der Waals surface area (Å²) < 4.78 is 0. The number of nitrogen functional groups attached to an aromatic ring is 1. The first-order chi connectivity index (χ1) is 10.3. The molecule has 1 saturated heterocycles. The van der Waals surface area contributed by atoms with Crippen LogP contribution < -0.4 is 21.5 Å². The normalized spacial score (nSPS) is 16.0. The van der Waals surface area contributed by atoms with Crippen molar-refractivity contribution in [1.29, 1.82) is 0 Å². The van der Waals surface area contributed by atoms with Gasteiger partial charge >= 0.3 is 0 Å². The molecule has 3 rings (SSSR count). The smallest absolute Gasteiger partial charge is 0.243 e. The monoisotopic (exact) mass is 305 g/mol. The van der Waals surface area contributed by atoms with Crippen molar-refractivity contribution in [2.24, 2.45) is 5.84 Å². The number of thiophene rings is 1. The molecule has 0 aromatic carbocycles. The minimum absolute atomic E-state index is 0.135. The van der Waals surface area contributed by atoms with E-state index in [1.54, 1.807) is 11.3 Å². The lowest BCUT2D eigenvalue weighted by Gasteiger charge is -2.18. The highest BCUT2D eigenvalue weighted by Gasteiger charge is 2.18. The fourth-order valence-electron chi connectivity index (χ4n) is 2.35. The molecule has 21 heavy (non-hydrogen) atoms. The number of hydrogen-bond donors (Lipinski definition) is 3. The molecule has 1 aliphatic rings. The van der Waals surface area contributed by atoms with Crippen LogP contribution in [0.15, 0.2) is 16.8 Å². The van der Waals surface area contributed by atoms with Crippen LogP contribution in [0.5, 0.6) is 0 Å².